The van der Waals surface area contributed by atoms with Gasteiger partial charge in [0.15, 0.2) is 17.3 Å². The zero-order chi connectivity index (χ0) is 30.7. The van der Waals surface area contributed by atoms with Crippen LogP contribution in [0.5, 0.6) is 11.5 Å². The van der Waals surface area contributed by atoms with E-state index in [1.807, 2.05) is 36.4 Å². The van der Waals surface area contributed by atoms with Crippen molar-refractivity contribution >= 4 is 44.4 Å². The number of hydrogen-bond donors (Lipinski definition) is 2. The topological polar surface area (TPSA) is 92.0 Å². The normalized spacial score (nSPS) is 18.1. The number of likely N-dealkylation sites (tertiary alicyclic amines) is 2. The lowest BCUT2D eigenvalue weighted by Crippen LogP contribution is -2.34. The van der Waals surface area contributed by atoms with Crippen LogP contribution < -0.4 is 20.8 Å². The van der Waals surface area contributed by atoms with Gasteiger partial charge in [0.25, 0.3) is 5.91 Å². The predicted molar refractivity (Wildman–Crippen MR) is 174 cm³/mol. The molecular weight excluding hydrogens is 573 g/mol. The van der Waals surface area contributed by atoms with Crippen molar-refractivity contribution in [2.45, 2.75) is 38.1 Å². The van der Waals surface area contributed by atoms with Gasteiger partial charge in [0, 0.05) is 48.7 Å². The van der Waals surface area contributed by atoms with Crippen LogP contribution in [0, 0.1) is 5.82 Å². The summed E-state index contributed by atoms with van der Waals surface area (Å²) in [4.78, 5) is 32.0. The third kappa shape index (κ3) is 4.83. The molecule has 0 radical (unpaired) electrons. The van der Waals surface area contributed by atoms with Gasteiger partial charge >= 0.3 is 0 Å². The number of carbonyl (C=O) groups excluding carboxylic acids is 1. The van der Waals surface area contributed by atoms with Crippen molar-refractivity contribution in [1.29, 1.82) is 0 Å². The Kier molecular flexibility index (Phi) is 6.98. The minimum atomic E-state index is -0.595. The molecule has 5 heterocycles. The van der Waals surface area contributed by atoms with Crippen LogP contribution in [-0.2, 0) is 0 Å². The molecule has 10 heteroatoms. The lowest BCUT2D eigenvalue weighted by atomic mass is 10.0. The molecule has 9 nitrogen and oxygen atoms in total. The number of benzene rings is 3. The number of aromatic nitrogens is 1. The Hall–Kier alpha value is -4.41. The van der Waals surface area contributed by atoms with Gasteiger partial charge in [-0.1, -0.05) is 18.2 Å². The zero-order valence-corrected chi connectivity index (χ0v) is 25.3. The summed E-state index contributed by atoms with van der Waals surface area (Å²) in [7, 11) is 2.10. The number of pyridine rings is 1. The van der Waals surface area contributed by atoms with Crippen LogP contribution in [0.25, 0.3) is 38.5 Å². The number of nitrogens with zero attached hydrogens (tertiary/aromatic N) is 3. The second-order valence-electron chi connectivity index (χ2n) is 12.5. The molecule has 2 aromatic heterocycles. The molecule has 1 atom stereocenters. The molecule has 0 saturated carbocycles. The number of fused-ring (bicyclic) bond motifs is 5. The summed E-state index contributed by atoms with van der Waals surface area (Å²) >= 11 is 0. The Balaban J connectivity index is 1.23. The average molecular weight is 610 g/mol. The molecule has 1 unspecified atom stereocenters. The average Bonchev–Trinajstić information content (AvgIpc) is 3.79. The highest BCUT2D eigenvalue weighted by Crippen LogP contribution is 2.47. The first-order valence-corrected chi connectivity index (χ1v) is 16.0. The van der Waals surface area contributed by atoms with Gasteiger partial charge in [-0.05, 0) is 77.0 Å². The van der Waals surface area contributed by atoms with Gasteiger partial charge in [0.2, 0.25) is 5.43 Å². The van der Waals surface area contributed by atoms with Gasteiger partial charge in [0.1, 0.15) is 27.9 Å². The monoisotopic (exact) mass is 609 g/mol. The van der Waals surface area contributed by atoms with Crippen LogP contribution in [-0.4, -0.2) is 72.6 Å². The quantitative estimate of drug-likeness (QED) is 0.224. The van der Waals surface area contributed by atoms with E-state index in [0.29, 0.717) is 41.7 Å². The Bertz CT molecular complexity index is 2030. The molecule has 2 N–H and O–H groups in total. The molecule has 3 aliphatic rings. The molecule has 3 aromatic carbocycles. The van der Waals surface area contributed by atoms with Gasteiger partial charge in [-0.25, -0.2) is 4.39 Å². The van der Waals surface area contributed by atoms with Crippen molar-refractivity contribution < 1.29 is 18.3 Å². The Morgan fingerprint density at radius 2 is 1.84 bits per heavy atom. The molecule has 0 spiro atoms. The number of para-hydroxylation sites is 1. The number of rotatable bonds is 8. The third-order valence-electron chi connectivity index (χ3n) is 9.73. The van der Waals surface area contributed by atoms with E-state index in [2.05, 4.69) is 27.5 Å². The summed E-state index contributed by atoms with van der Waals surface area (Å²) in [5, 5.41) is 8.10. The Morgan fingerprint density at radius 1 is 1.00 bits per heavy atom. The molecule has 2 fully saturated rings. The number of halogens is 1. The summed E-state index contributed by atoms with van der Waals surface area (Å²) in [6.45, 7) is 4.88. The van der Waals surface area contributed by atoms with Crippen LogP contribution in [0.15, 0.2) is 57.9 Å². The van der Waals surface area contributed by atoms with Gasteiger partial charge in [-0.3, -0.25) is 9.59 Å². The standard InChI is InChI=1S/C35H36FN5O4/c1-39-13-6-7-21(39)10-11-38-35(43)25-20-41-27-19-29-23(22-8-2-3-9-28(22)44-29)18-30(27)45-34-31(37-12-16-40-14-4-5-15-40)26(36)17-24(32(34)41)33(25)42/h2-3,8-9,17-21,37H,4-7,10-16H2,1H3,(H,38,43). The molecular formula is C35H36FN5O4. The van der Waals surface area contributed by atoms with Crippen molar-refractivity contribution in [3.05, 3.63) is 70.3 Å². The molecule has 2 saturated heterocycles. The van der Waals surface area contributed by atoms with Gasteiger partial charge in [-0.2, -0.15) is 0 Å². The first-order valence-electron chi connectivity index (χ1n) is 16.0. The highest BCUT2D eigenvalue weighted by atomic mass is 19.1. The first-order chi connectivity index (χ1) is 22.0. The fraction of sp³-hybridized carbons (Fsp3) is 0.371. The number of amides is 1. The van der Waals surface area contributed by atoms with Gasteiger partial charge in [0.05, 0.1) is 11.1 Å². The molecule has 0 bridgehead atoms. The number of furan rings is 1. The van der Waals surface area contributed by atoms with E-state index in [0.717, 1.165) is 61.8 Å². The van der Waals surface area contributed by atoms with Crippen molar-refractivity contribution in [3.8, 4) is 17.2 Å². The lowest BCUT2D eigenvalue weighted by Gasteiger charge is -2.26. The largest absolute Gasteiger partial charge is 0.456 e. The van der Waals surface area contributed by atoms with E-state index in [4.69, 9.17) is 9.15 Å². The Labute approximate surface area is 259 Å². The summed E-state index contributed by atoms with van der Waals surface area (Å²) in [6, 6.07) is 13.1. The molecule has 45 heavy (non-hydrogen) atoms. The van der Waals surface area contributed by atoms with Crippen LogP contribution in [0.1, 0.15) is 42.5 Å². The van der Waals surface area contributed by atoms with E-state index < -0.39 is 17.2 Å². The van der Waals surface area contributed by atoms with E-state index in [1.54, 1.807) is 10.8 Å². The lowest BCUT2D eigenvalue weighted by molar-refractivity contribution is 0.0949. The van der Waals surface area contributed by atoms with E-state index in [9.17, 15) is 9.59 Å². The predicted octanol–water partition coefficient (Wildman–Crippen LogP) is 5.86. The SMILES string of the molecule is CN1CCCC1CCNC(=O)c1cn2c3c(c(NCCN4CCCC4)c(F)cc3c1=O)Oc1cc3c(cc1-2)oc1ccccc13. The highest BCUT2D eigenvalue weighted by Gasteiger charge is 2.30. The number of carbonyl (C=O) groups is 1. The molecule has 3 aliphatic heterocycles. The maximum Gasteiger partial charge on any atom is 0.256 e. The molecule has 232 valence electrons. The van der Waals surface area contributed by atoms with E-state index in [1.165, 1.54) is 18.9 Å². The summed E-state index contributed by atoms with van der Waals surface area (Å²) < 4.78 is 30.3. The number of anilines is 1. The fourth-order valence-electron chi connectivity index (χ4n) is 7.30. The molecule has 0 aliphatic carbocycles. The summed E-state index contributed by atoms with van der Waals surface area (Å²) in [5.74, 6) is -0.351. The number of ether oxygens (including phenoxy) is 1. The minimum absolute atomic E-state index is 0.0417. The Morgan fingerprint density at radius 3 is 2.67 bits per heavy atom. The van der Waals surface area contributed by atoms with Crippen molar-refractivity contribution in [2.24, 2.45) is 0 Å². The van der Waals surface area contributed by atoms with Crippen LogP contribution in [0.3, 0.4) is 0 Å². The maximum atomic E-state index is 15.9. The minimum Gasteiger partial charge on any atom is -0.456 e. The van der Waals surface area contributed by atoms with Gasteiger partial charge < -0.3 is 34.2 Å². The van der Waals surface area contributed by atoms with Crippen molar-refractivity contribution in [3.63, 3.8) is 0 Å². The van der Waals surface area contributed by atoms with Crippen LogP contribution in [0.4, 0.5) is 10.1 Å². The number of nitrogens with one attached hydrogen (secondary N) is 2. The number of hydrogen-bond acceptors (Lipinski definition) is 7. The molecule has 8 rings (SSSR count). The smallest absolute Gasteiger partial charge is 0.256 e. The van der Waals surface area contributed by atoms with E-state index >= 15 is 4.39 Å². The maximum absolute atomic E-state index is 15.9. The van der Waals surface area contributed by atoms with Crippen LogP contribution >= 0.6 is 0 Å². The van der Waals surface area contributed by atoms with Crippen molar-refractivity contribution in [1.82, 2.24) is 19.7 Å². The first kappa shape index (κ1) is 28.1. The summed E-state index contributed by atoms with van der Waals surface area (Å²) in [6.07, 6.45) is 6.95. The van der Waals surface area contributed by atoms with Gasteiger partial charge in [-0.15, -0.1) is 0 Å². The van der Waals surface area contributed by atoms with Crippen LogP contribution in [0.2, 0.25) is 0 Å². The van der Waals surface area contributed by atoms with Crippen molar-refractivity contribution in [2.75, 3.05) is 51.6 Å². The molecule has 5 aromatic rings. The fourth-order valence-corrected chi connectivity index (χ4v) is 7.30. The zero-order valence-electron chi connectivity index (χ0n) is 25.3. The summed E-state index contributed by atoms with van der Waals surface area (Å²) in [5.41, 5.74) is 2.03. The second kappa shape index (κ2) is 11.2. The molecule has 1 amide bonds. The third-order valence-corrected chi connectivity index (χ3v) is 9.73. The highest BCUT2D eigenvalue weighted by molar-refractivity contribution is 6.07. The van der Waals surface area contributed by atoms with E-state index in [-0.39, 0.29) is 22.4 Å². The second-order valence-corrected chi connectivity index (χ2v) is 12.5.